The highest BCUT2D eigenvalue weighted by atomic mass is 16.5. The van der Waals surface area contributed by atoms with Crippen molar-refractivity contribution in [3.63, 3.8) is 0 Å². The van der Waals surface area contributed by atoms with E-state index in [1.807, 2.05) is 37.3 Å². The van der Waals surface area contributed by atoms with E-state index in [-0.39, 0.29) is 36.8 Å². The topological polar surface area (TPSA) is 84.0 Å². The number of hydrogen-bond acceptors (Lipinski definition) is 5. The zero-order chi connectivity index (χ0) is 22.8. The van der Waals surface area contributed by atoms with E-state index >= 15 is 0 Å². The molecule has 0 bridgehead atoms. The molecule has 32 heavy (non-hydrogen) atoms. The number of carbonyl (C=O) groups is 4. The Kier molecular flexibility index (Phi) is 6.08. The Balaban J connectivity index is 1.60. The van der Waals surface area contributed by atoms with Crippen LogP contribution in [0.2, 0.25) is 0 Å². The molecule has 7 heteroatoms. The van der Waals surface area contributed by atoms with E-state index in [4.69, 9.17) is 4.74 Å². The Morgan fingerprint density at radius 3 is 2.31 bits per heavy atom. The standard InChI is InChI=1S/C25H26N2O5/c1-3-32-25(31)19-11-13-20(14-12-19)27-22(28)15-21(24(27)30)26(23(29)18-9-10-18)16(2)17-7-5-4-6-8-17/h4-8,11-14,16,18,21H,3,9-10,15H2,1-2H3. The lowest BCUT2D eigenvalue weighted by molar-refractivity contribution is -0.142. The van der Waals surface area contributed by atoms with Crippen LogP contribution in [0, 0.1) is 5.92 Å². The van der Waals surface area contributed by atoms with Crippen molar-refractivity contribution in [3.8, 4) is 0 Å². The van der Waals surface area contributed by atoms with Crippen molar-refractivity contribution in [2.45, 2.75) is 45.2 Å². The fourth-order valence-corrected chi connectivity index (χ4v) is 4.11. The summed E-state index contributed by atoms with van der Waals surface area (Å²) in [6, 6.07) is 14.5. The molecule has 2 fully saturated rings. The number of benzene rings is 2. The van der Waals surface area contributed by atoms with Crippen LogP contribution in [0.4, 0.5) is 5.69 Å². The highest BCUT2D eigenvalue weighted by Gasteiger charge is 2.48. The molecular weight excluding hydrogens is 408 g/mol. The van der Waals surface area contributed by atoms with Gasteiger partial charge in [-0.2, -0.15) is 0 Å². The normalized spacial score (nSPS) is 19.1. The lowest BCUT2D eigenvalue weighted by Crippen LogP contribution is -2.47. The molecule has 2 unspecified atom stereocenters. The fraction of sp³-hybridized carbons (Fsp3) is 0.360. The molecule has 1 saturated heterocycles. The van der Waals surface area contributed by atoms with Crippen LogP contribution >= 0.6 is 0 Å². The number of hydrogen-bond donors (Lipinski definition) is 0. The van der Waals surface area contributed by atoms with Gasteiger partial charge in [-0.25, -0.2) is 9.69 Å². The average Bonchev–Trinajstić information content (AvgIpc) is 3.61. The molecule has 2 aromatic carbocycles. The number of imide groups is 1. The molecule has 0 radical (unpaired) electrons. The minimum Gasteiger partial charge on any atom is -0.462 e. The van der Waals surface area contributed by atoms with Crippen molar-refractivity contribution in [2.24, 2.45) is 5.92 Å². The smallest absolute Gasteiger partial charge is 0.338 e. The zero-order valence-corrected chi connectivity index (χ0v) is 18.2. The summed E-state index contributed by atoms with van der Waals surface area (Å²) < 4.78 is 4.98. The van der Waals surface area contributed by atoms with Crippen molar-refractivity contribution in [2.75, 3.05) is 11.5 Å². The maximum atomic E-state index is 13.4. The van der Waals surface area contributed by atoms with Gasteiger partial charge in [-0.05, 0) is 56.5 Å². The summed E-state index contributed by atoms with van der Waals surface area (Å²) in [5, 5.41) is 0. The molecule has 2 aliphatic rings. The molecule has 1 aliphatic carbocycles. The van der Waals surface area contributed by atoms with Gasteiger partial charge >= 0.3 is 5.97 Å². The summed E-state index contributed by atoms with van der Waals surface area (Å²) in [5.41, 5.74) is 1.63. The van der Waals surface area contributed by atoms with Crippen molar-refractivity contribution in [1.29, 1.82) is 0 Å². The average molecular weight is 434 g/mol. The second-order valence-electron chi connectivity index (χ2n) is 8.16. The molecule has 0 spiro atoms. The third-order valence-corrected chi connectivity index (χ3v) is 5.98. The minimum absolute atomic E-state index is 0.0614. The van der Waals surface area contributed by atoms with E-state index < -0.39 is 17.9 Å². The summed E-state index contributed by atoms with van der Waals surface area (Å²) >= 11 is 0. The first-order chi connectivity index (χ1) is 15.4. The van der Waals surface area contributed by atoms with Gasteiger partial charge in [-0.1, -0.05) is 30.3 Å². The molecule has 7 nitrogen and oxygen atoms in total. The first kappa shape index (κ1) is 21.7. The summed E-state index contributed by atoms with van der Waals surface area (Å²) in [6.07, 6.45) is 1.56. The van der Waals surface area contributed by atoms with Crippen molar-refractivity contribution in [3.05, 3.63) is 65.7 Å². The lowest BCUT2D eigenvalue weighted by atomic mass is 10.0. The zero-order valence-electron chi connectivity index (χ0n) is 18.2. The quantitative estimate of drug-likeness (QED) is 0.492. The third kappa shape index (κ3) is 4.15. The van der Waals surface area contributed by atoms with Crippen LogP contribution < -0.4 is 4.90 Å². The summed E-state index contributed by atoms with van der Waals surface area (Å²) in [7, 11) is 0. The number of anilines is 1. The second kappa shape index (κ2) is 8.94. The highest BCUT2D eigenvalue weighted by molar-refractivity contribution is 6.23. The van der Waals surface area contributed by atoms with Gasteiger partial charge in [-0.3, -0.25) is 14.4 Å². The molecule has 1 heterocycles. The van der Waals surface area contributed by atoms with Gasteiger partial charge < -0.3 is 9.64 Å². The van der Waals surface area contributed by atoms with Gasteiger partial charge in [-0.15, -0.1) is 0 Å². The monoisotopic (exact) mass is 434 g/mol. The number of rotatable bonds is 7. The van der Waals surface area contributed by atoms with Gasteiger partial charge in [0.15, 0.2) is 0 Å². The van der Waals surface area contributed by atoms with E-state index in [2.05, 4.69) is 0 Å². The van der Waals surface area contributed by atoms with E-state index in [0.717, 1.165) is 23.3 Å². The number of carbonyl (C=O) groups excluding carboxylic acids is 4. The Labute approximate surface area is 187 Å². The minimum atomic E-state index is -0.851. The van der Waals surface area contributed by atoms with Crippen molar-refractivity contribution >= 4 is 29.4 Å². The molecule has 4 rings (SSSR count). The first-order valence-corrected chi connectivity index (χ1v) is 10.9. The molecule has 0 N–H and O–H groups in total. The maximum absolute atomic E-state index is 13.4. The Morgan fingerprint density at radius 2 is 1.72 bits per heavy atom. The van der Waals surface area contributed by atoms with Gasteiger partial charge in [0, 0.05) is 5.92 Å². The SMILES string of the molecule is CCOC(=O)c1ccc(N2C(=O)CC(N(C(=O)C3CC3)C(C)c3ccccc3)C2=O)cc1. The number of nitrogens with zero attached hydrogens (tertiary/aromatic N) is 2. The Bertz CT molecular complexity index is 1030. The van der Waals surface area contributed by atoms with Gasteiger partial charge in [0.05, 0.1) is 30.3 Å². The predicted molar refractivity (Wildman–Crippen MR) is 118 cm³/mol. The van der Waals surface area contributed by atoms with Crippen LogP contribution in [-0.4, -0.2) is 41.2 Å². The van der Waals surface area contributed by atoms with Crippen molar-refractivity contribution in [1.82, 2.24) is 4.90 Å². The molecule has 0 aromatic heterocycles. The van der Waals surface area contributed by atoms with Gasteiger partial charge in [0.1, 0.15) is 6.04 Å². The van der Waals surface area contributed by atoms with E-state index in [9.17, 15) is 19.2 Å². The molecule has 2 atom stereocenters. The summed E-state index contributed by atoms with van der Waals surface area (Å²) in [6.45, 7) is 3.87. The Hall–Kier alpha value is -3.48. The van der Waals surface area contributed by atoms with E-state index in [1.165, 1.54) is 12.1 Å². The molecule has 1 aliphatic heterocycles. The maximum Gasteiger partial charge on any atom is 0.338 e. The molecule has 2 aromatic rings. The fourth-order valence-electron chi connectivity index (χ4n) is 4.11. The van der Waals surface area contributed by atoms with Gasteiger partial charge in [0.25, 0.3) is 5.91 Å². The van der Waals surface area contributed by atoms with Crippen LogP contribution in [0.5, 0.6) is 0 Å². The second-order valence-corrected chi connectivity index (χ2v) is 8.16. The molecule has 166 valence electrons. The largest absolute Gasteiger partial charge is 0.462 e. The summed E-state index contributed by atoms with van der Waals surface area (Å²) in [5.74, 6) is -1.41. The lowest BCUT2D eigenvalue weighted by Gasteiger charge is -2.34. The number of amides is 3. The van der Waals surface area contributed by atoms with E-state index in [1.54, 1.807) is 24.0 Å². The van der Waals surface area contributed by atoms with Crippen LogP contribution in [0.25, 0.3) is 0 Å². The van der Waals surface area contributed by atoms with Crippen LogP contribution in [-0.2, 0) is 19.1 Å². The first-order valence-electron chi connectivity index (χ1n) is 10.9. The van der Waals surface area contributed by atoms with Crippen LogP contribution in [0.3, 0.4) is 0 Å². The van der Waals surface area contributed by atoms with E-state index in [0.29, 0.717) is 11.3 Å². The highest BCUT2D eigenvalue weighted by Crippen LogP contribution is 2.38. The molecule has 3 amide bonds. The number of esters is 1. The van der Waals surface area contributed by atoms with Crippen LogP contribution in [0.15, 0.2) is 54.6 Å². The third-order valence-electron chi connectivity index (χ3n) is 5.98. The Morgan fingerprint density at radius 1 is 1.06 bits per heavy atom. The summed E-state index contributed by atoms with van der Waals surface area (Å²) in [4.78, 5) is 54.0. The van der Waals surface area contributed by atoms with Crippen molar-refractivity contribution < 1.29 is 23.9 Å². The molecule has 1 saturated carbocycles. The van der Waals surface area contributed by atoms with Crippen LogP contribution in [0.1, 0.15) is 55.1 Å². The molecular formula is C25H26N2O5. The van der Waals surface area contributed by atoms with Gasteiger partial charge in [0.2, 0.25) is 11.8 Å². The predicted octanol–water partition coefficient (Wildman–Crippen LogP) is 3.50. The number of ether oxygens (including phenoxy) is 1.